The summed E-state index contributed by atoms with van der Waals surface area (Å²) < 4.78 is 5.45. The van der Waals surface area contributed by atoms with Crippen molar-refractivity contribution >= 4 is 24.0 Å². The van der Waals surface area contributed by atoms with Crippen molar-refractivity contribution in [2.24, 2.45) is 20.7 Å². The lowest BCUT2D eigenvalue weighted by atomic mass is 9.96. The fraction of sp³-hybridized carbons (Fsp3) is 0.636. The van der Waals surface area contributed by atoms with Crippen LogP contribution < -0.4 is 5.73 Å². The third-order valence-electron chi connectivity index (χ3n) is 3.72. The first-order chi connectivity index (χ1) is 9.86. The van der Waals surface area contributed by atoms with Crippen LogP contribution in [-0.2, 0) is 9.53 Å². The summed E-state index contributed by atoms with van der Waals surface area (Å²) in [7, 11) is 0. The SMILES string of the molecule is C[C@@]1(O)[C@H](O)[C@@H](CO)O[C@H]1N1C=NC2C(=O)N=C(N)N=C21. The lowest BCUT2D eigenvalue weighted by molar-refractivity contribution is -0.118. The number of hydrogen-bond donors (Lipinski definition) is 4. The van der Waals surface area contributed by atoms with Crippen molar-refractivity contribution in [2.75, 3.05) is 6.61 Å². The van der Waals surface area contributed by atoms with Gasteiger partial charge in [0.2, 0.25) is 5.96 Å². The number of guanidine groups is 1. The number of carbonyl (C=O) groups is 1. The van der Waals surface area contributed by atoms with Gasteiger partial charge in [0.25, 0.3) is 5.91 Å². The number of amidine groups is 1. The van der Waals surface area contributed by atoms with Gasteiger partial charge >= 0.3 is 0 Å². The standard InChI is InChI=1S/C11H15N5O5/c1-11(20)6(18)4(2-17)21-9(11)16-3-13-5-7(16)14-10(12)15-8(5)19/h3-6,9,17-18,20H,2H2,1H3,(H2,12,15,19)/t4-,5?,6-,9-,11-/m1/s1. The summed E-state index contributed by atoms with van der Waals surface area (Å²) in [5.41, 5.74) is 3.77. The molecule has 3 aliphatic rings. The Morgan fingerprint density at radius 1 is 1.52 bits per heavy atom. The molecule has 21 heavy (non-hydrogen) atoms. The van der Waals surface area contributed by atoms with Gasteiger partial charge in [0.05, 0.1) is 12.9 Å². The van der Waals surface area contributed by atoms with E-state index in [4.69, 9.17) is 10.5 Å². The number of aliphatic hydroxyl groups excluding tert-OH is 2. The number of ether oxygens (including phenoxy) is 1. The Bertz CT molecular complexity index is 571. The quantitative estimate of drug-likeness (QED) is 0.418. The molecule has 3 rings (SSSR count). The smallest absolute Gasteiger partial charge is 0.281 e. The molecular formula is C11H15N5O5. The number of fused-ring (bicyclic) bond motifs is 1. The maximum atomic E-state index is 11.7. The maximum absolute atomic E-state index is 11.7. The Balaban J connectivity index is 1.93. The van der Waals surface area contributed by atoms with Crippen molar-refractivity contribution < 1.29 is 24.9 Å². The van der Waals surface area contributed by atoms with E-state index in [1.54, 1.807) is 0 Å². The van der Waals surface area contributed by atoms with Gasteiger partial charge in [-0.3, -0.25) is 14.7 Å². The van der Waals surface area contributed by atoms with Crippen molar-refractivity contribution in [3.05, 3.63) is 0 Å². The van der Waals surface area contributed by atoms with E-state index < -0.39 is 42.6 Å². The minimum atomic E-state index is -1.69. The van der Waals surface area contributed by atoms with Crippen LogP contribution in [0.3, 0.4) is 0 Å². The van der Waals surface area contributed by atoms with Crippen LogP contribution in [0, 0.1) is 0 Å². The van der Waals surface area contributed by atoms with Gasteiger partial charge in [-0.05, 0) is 6.92 Å². The summed E-state index contributed by atoms with van der Waals surface area (Å²) in [5, 5.41) is 29.6. The van der Waals surface area contributed by atoms with Crippen LogP contribution in [0.1, 0.15) is 6.92 Å². The van der Waals surface area contributed by atoms with Gasteiger partial charge in [-0.2, -0.15) is 9.98 Å². The number of nitrogens with zero attached hydrogens (tertiary/aromatic N) is 4. The Kier molecular flexibility index (Phi) is 3.06. The minimum Gasteiger partial charge on any atom is -0.394 e. The second kappa shape index (κ2) is 4.56. The van der Waals surface area contributed by atoms with Gasteiger partial charge in [0, 0.05) is 0 Å². The lowest BCUT2D eigenvalue weighted by Gasteiger charge is -2.33. The molecule has 3 aliphatic heterocycles. The summed E-state index contributed by atoms with van der Waals surface area (Å²) in [4.78, 5) is 24.5. The number of aliphatic hydroxyl groups is 3. The fourth-order valence-electron chi connectivity index (χ4n) is 2.59. The first-order valence-corrected chi connectivity index (χ1v) is 6.31. The highest BCUT2D eigenvalue weighted by atomic mass is 16.6. The highest BCUT2D eigenvalue weighted by Crippen LogP contribution is 2.34. The molecule has 5 N–H and O–H groups in total. The first-order valence-electron chi connectivity index (χ1n) is 6.31. The molecule has 0 aromatic rings. The Morgan fingerprint density at radius 3 is 2.86 bits per heavy atom. The topological polar surface area (TPSA) is 153 Å². The molecule has 0 spiro atoms. The van der Waals surface area contributed by atoms with Gasteiger partial charge in [-0.1, -0.05) is 0 Å². The monoisotopic (exact) mass is 297 g/mol. The molecule has 10 heteroatoms. The molecule has 1 unspecified atom stereocenters. The largest absolute Gasteiger partial charge is 0.394 e. The Labute approximate surface area is 119 Å². The number of carbonyl (C=O) groups excluding carboxylic acids is 1. The number of hydrogen-bond acceptors (Lipinski definition) is 9. The van der Waals surface area contributed by atoms with E-state index in [0.717, 1.165) is 0 Å². The molecular weight excluding hydrogens is 282 g/mol. The fourth-order valence-corrected chi connectivity index (χ4v) is 2.59. The van der Waals surface area contributed by atoms with Crippen LogP contribution in [0.2, 0.25) is 0 Å². The third-order valence-corrected chi connectivity index (χ3v) is 3.72. The minimum absolute atomic E-state index is 0.170. The molecule has 0 bridgehead atoms. The molecule has 1 fully saturated rings. The highest BCUT2D eigenvalue weighted by molar-refractivity contribution is 6.21. The zero-order valence-electron chi connectivity index (χ0n) is 11.1. The van der Waals surface area contributed by atoms with Gasteiger partial charge < -0.3 is 25.8 Å². The van der Waals surface area contributed by atoms with Gasteiger partial charge in [-0.15, -0.1) is 0 Å². The highest BCUT2D eigenvalue weighted by Gasteiger charge is 2.56. The second-order valence-corrected chi connectivity index (χ2v) is 5.23. The van der Waals surface area contributed by atoms with Crippen LogP contribution in [0.5, 0.6) is 0 Å². The predicted molar refractivity (Wildman–Crippen MR) is 70.6 cm³/mol. The Hall–Kier alpha value is -1.88. The summed E-state index contributed by atoms with van der Waals surface area (Å²) in [5.74, 6) is -0.602. The van der Waals surface area contributed by atoms with E-state index in [1.165, 1.54) is 18.2 Å². The number of aliphatic imine (C=N–C) groups is 3. The van der Waals surface area contributed by atoms with Gasteiger partial charge in [0.15, 0.2) is 18.1 Å². The average molecular weight is 297 g/mol. The van der Waals surface area contributed by atoms with Crippen molar-refractivity contribution in [1.82, 2.24) is 4.90 Å². The summed E-state index contributed by atoms with van der Waals surface area (Å²) in [6, 6.07) is -0.929. The molecule has 1 amide bonds. The normalized spacial score (nSPS) is 42.1. The zero-order chi connectivity index (χ0) is 15.4. The van der Waals surface area contributed by atoms with Crippen molar-refractivity contribution in [3.8, 4) is 0 Å². The van der Waals surface area contributed by atoms with E-state index >= 15 is 0 Å². The average Bonchev–Trinajstić information content (AvgIpc) is 2.91. The van der Waals surface area contributed by atoms with E-state index in [2.05, 4.69) is 15.0 Å². The zero-order valence-corrected chi connectivity index (χ0v) is 11.1. The molecule has 10 nitrogen and oxygen atoms in total. The van der Waals surface area contributed by atoms with Gasteiger partial charge in [0.1, 0.15) is 17.8 Å². The molecule has 0 aliphatic carbocycles. The van der Waals surface area contributed by atoms with E-state index in [-0.39, 0.29) is 11.8 Å². The maximum Gasteiger partial charge on any atom is 0.281 e. The predicted octanol–water partition coefficient (Wildman–Crippen LogP) is -3.22. The molecule has 5 atom stereocenters. The number of rotatable bonds is 2. The van der Waals surface area contributed by atoms with Crippen LogP contribution >= 0.6 is 0 Å². The van der Waals surface area contributed by atoms with Crippen molar-refractivity contribution in [1.29, 1.82) is 0 Å². The van der Waals surface area contributed by atoms with Crippen LogP contribution in [0.25, 0.3) is 0 Å². The van der Waals surface area contributed by atoms with E-state index in [9.17, 15) is 20.1 Å². The molecule has 0 radical (unpaired) electrons. The van der Waals surface area contributed by atoms with Crippen LogP contribution in [-0.4, -0.2) is 80.9 Å². The Morgan fingerprint density at radius 2 is 2.24 bits per heavy atom. The third kappa shape index (κ3) is 1.95. The lowest BCUT2D eigenvalue weighted by Crippen LogP contribution is -2.55. The summed E-state index contributed by atoms with van der Waals surface area (Å²) >= 11 is 0. The first kappa shape index (κ1) is 14.1. The molecule has 0 aromatic heterocycles. The molecule has 114 valence electrons. The summed E-state index contributed by atoms with van der Waals surface area (Å²) in [6.07, 6.45) is -2.04. The number of nitrogens with two attached hydrogens (primary N) is 1. The molecule has 0 aromatic carbocycles. The second-order valence-electron chi connectivity index (χ2n) is 5.23. The van der Waals surface area contributed by atoms with Gasteiger partial charge in [-0.25, -0.2) is 0 Å². The molecule has 0 saturated carbocycles. The van der Waals surface area contributed by atoms with Crippen molar-refractivity contribution in [3.63, 3.8) is 0 Å². The molecule has 1 saturated heterocycles. The van der Waals surface area contributed by atoms with Crippen LogP contribution in [0.15, 0.2) is 15.0 Å². The van der Waals surface area contributed by atoms with Crippen LogP contribution in [0.4, 0.5) is 0 Å². The van der Waals surface area contributed by atoms with E-state index in [1.807, 2.05) is 0 Å². The number of amides is 1. The van der Waals surface area contributed by atoms with E-state index in [0.29, 0.717) is 0 Å². The summed E-state index contributed by atoms with van der Waals surface area (Å²) in [6.45, 7) is 0.902. The van der Waals surface area contributed by atoms with Crippen molar-refractivity contribution in [2.45, 2.75) is 37.0 Å². The molecule has 3 heterocycles.